The van der Waals surface area contributed by atoms with Gasteiger partial charge in [0.05, 0.1) is 5.52 Å². The Bertz CT molecular complexity index is 890. The molecule has 5 nitrogen and oxygen atoms in total. The van der Waals surface area contributed by atoms with Crippen LogP contribution in [-0.4, -0.2) is 26.4 Å². The number of hydrogen-bond acceptors (Lipinski definition) is 4. The van der Waals surface area contributed by atoms with E-state index in [1.54, 1.807) is 4.68 Å². The van der Waals surface area contributed by atoms with E-state index in [0.717, 1.165) is 28.3 Å². The van der Waals surface area contributed by atoms with Gasteiger partial charge in [0, 0.05) is 29.8 Å². The predicted octanol–water partition coefficient (Wildman–Crippen LogP) is 4.73. The van der Waals surface area contributed by atoms with Crippen LogP contribution in [0.3, 0.4) is 0 Å². The molecule has 0 saturated heterocycles. The first kappa shape index (κ1) is 17.3. The van der Waals surface area contributed by atoms with E-state index in [1.165, 1.54) is 5.56 Å². The lowest BCUT2D eigenvalue weighted by Gasteiger charge is -2.23. The molecule has 2 heterocycles. The number of nitrogens with one attached hydrogen (secondary N) is 1. The van der Waals surface area contributed by atoms with E-state index >= 15 is 0 Å². The molecule has 0 amide bonds. The smallest absolute Gasteiger partial charge is 0.157 e. The summed E-state index contributed by atoms with van der Waals surface area (Å²) in [5.41, 5.74) is 1.79. The zero-order valence-electron chi connectivity index (χ0n) is 15.8. The van der Waals surface area contributed by atoms with Crippen LogP contribution in [0, 0.1) is 6.92 Å². The van der Waals surface area contributed by atoms with E-state index in [0.29, 0.717) is 6.04 Å². The molecule has 0 radical (unpaired) electrons. The fourth-order valence-corrected chi connectivity index (χ4v) is 2.65. The van der Waals surface area contributed by atoms with Crippen LogP contribution in [0.4, 0.5) is 5.82 Å². The summed E-state index contributed by atoms with van der Waals surface area (Å²) in [5, 5.41) is 8.89. The first-order valence-electron chi connectivity index (χ1n) is 8.64. The number of rotatable bonds is 4. The van der Waals surface area contributed by atoms with Gasteiger partial charge in [-0.15, -0.1) is 5.10 Å². The molecular formula is C20H26N4O. The van der Waals surface area contributed by atoms with E-state index < -0.39 is 0 Å². The molecule has 25 heavy (non-hydrogen) atoms. The molecule has 132 valence electrons. The van der Waals surface area contributed by atoms with Gasteiger partial charge in [-0.25, -0.2) is 9.67 Å². The van der Waals surface area contributed by atoms with E-state index in [9.17, 15) is 0 Å². The summed E-state index contributed by atoms with van der Waals surface area (Å²) in [6.07, 6.45) is 1.91. The SMILES string of the molecule is Cc1ccc2c(OC(C)(C)C)cc(-n3ccc(NC(C)C)n3)nc2c1. The number of benzene rings is 1. The summed E-state index contributed by atoms with van der Waals surface area (Å²) >= 11 is 0. The quantitative estimate of drug-likeness (QED) is 0.747. The highest BCUT2D eigenvalue weighted by Gasteiger charge is 2.16. The third kappa shape index (κ3) is 4.10. The van der Waals surface area contributed by atoms with E-state index in [4.69, 9.17) is 9.72 Å². The molecule has 5 heteroatoms. The van der Waals surface area contributed by atoms with Crippen molar-refractivity contribution in [3.63, 3.8) is 0 Å². The van der Waals surface area contributed by atoms with Crippen LogP contribution in [0.1, 0.15) is 40.2 Å². The third-order valence-electron chi connectivity index (χ3n) is 3.59. The molecule has 0 aliphatic heterocycles. The van der Waals surface area contributed by atoms with Gasteiger partial charge >= 0.3 is 0 Å². The molecule has 3 aromatic rings. The Morgan fingerprint density at radius 2 is 1.88 bits per heavy atom. The molecule has 0 aliphatic rings. The molecule has 0 saturated carbocycles. The molecule has 0 aliphatic carbocycles. The monoisotopic (exact) mass is 338 g/mol. The lowest BCUT2D eigenvalue weighted by molar-refractivity contribution is 0.133. The fourth-order valence-electron chi connectivity index (χ4n) is 2.65. The van der Waals surface area contributed by atoms with Crippen LogP contribution in [0.2, 0.25) is 0 Å². The topological polar surface area (TPSA) is 52.0 Å². The summed E-state index contributed by atoms with van der Waals surface area (Å²) in [6.45, 7) is 12.4. The van der Waals surface area contributed by atoms with Gasteiger partial charge in [-0.1, -0.05) is 6.07 Å². The van der Waals surface area contributed by atoms with Crippen molar-refractivity contribution in [1.82, 2.24) is 14.8 Å². The van der Waals surface area contributed by atoms with Crippen molar-refractivity contribution in [1.29, 1.82) is 0 Å². The molecule has 3 rings (SSSR count). The van der Waals surface area contributed by atoms with Crippen molar-refractivity contribution in [3.05, 3.63) is 42.1 Å². The Hall–Kier alpha value is -2.56. The summed E-state index contributed by atoms with van der Waals surface area (Å²) in [7, 11) is 0. The van der Waals surface area contributed by atoms with Crippen LogP contribution >= 0.6 is 0 Å². The molecular weight excluding hydrogens is 312 g/mol. The molecule has 0 unspecified atom stereocenters. The number of aromatic nitrogens is 3. The van der Waals surface area contributed by atoms with Gasteiger partial charge in [0.15, 0.2) is 5.82 Å². The van der Waals surface area contributed by atoms with E-state index in [1.807, 2.05) is 39.1 Å². The average molecular weight is 338 g/mol. The number of ether oxygens (including phenoxy) is 1. The van der Waals surface area contributed by atoms with Gasteiger partial charge in [-0.05, 0) is 59.2 Å². The molecule has 1 N–H and O–H groups in total. The maximum atomic E-state index is 6.19. The van der Waals surface area contributed by atoms with E-state index in [-0.39, 0.29) is 5.60 Å². The second kappa shape index (κ2) is 6.39. The van der Waals surface area contributed by atoms with Gasteiger partial charge in [-0.3, -0.25) is 0 Å². The van der Waals surface area contributed by atoms with Gasteiger partial charge < -0.3 is 10.1 Å². The first-order valence-corrected chi connectivity index (χ1v) is 8.64. The Labute approximate surface area is 149 Å². The van der Waals surface area contributed by atoms with Gasteiger partial charge in [-0.2, -0.15) is 0 Å². The lowest BCUT2D eigenvalue weighted by Crippen LogP contribution is -2.23. The van der Waals surface area contributed by atoms with Crippen LogP contribution in [0.5, 0.6) is 5.75 Å². The highest BCUT2D eigenvalue weighted by Crippen LogP contribution is 2.30. The van der Waals surface area contributed by atoms with Crippen molar-refractivity contribution in [2.24, 2.45) is 0 Å². The maximum Gasteiger partial charge on any atom is 0.157 e. The first-order chi connectivity index (χ1) is 11.7. The highest BCUT2D eigenvalue weighted by molar-refractivity contribution is 5.86. The van der Waals surface area contributed by atoms with Crippen molar-refractivity contribution >= 4 is 16.7 Å². The second-order valence-electron chi connectivity index (χ2n) is 7.66. The average Bonchev–Trinajstić information content (AvgIpc) is 2.92. The molecule has 0 bridgehead atoms. The minimum Gasteiger partial charge on any atom is -0.487 e. The summed E-state index contributed by atoms with van der Waals surface area (Å²) in [4.78, 5) is 4.78. The Kier molecular flexibility index (Phi) is 4.41. The Balaban J connectivity index is 2.10. The van der Waals surface area contributed by atoms with Gasteiger partial charge in [0.25, 0.3) is 0 Å². The summed E-state index contributed by atoms with van der Waals surface area (Å²) in [5.74, 6) is 2.40. The zero-order valence-corrected chi connectivity index (χ0v) is 15.8. The summed E-state index contributed by atoms with van der Waals surface area (Å²) in [6, 6.07) is 10.5. The van der Waals surface area contributed by atoms with Gasteiger partial charge in [0.2, 0.25) is 0 Å². The molecule has 0 atom stereocenters. The van der Waals surface area contributed by atoms with Crippen molar-refractivity contribution in [2.45, 2.75) is 53.2 Å². The van der Waals surface area contributed by atoms with Crippen LogP contribution < -0.4 is 10.1 Å². The van der Waals surface area contributed by atoms with Crippen LogP contribution in [0.15, 0.2) is 36.5 Å². The van der Waals surface area contributed by atoms with E-state index in [2.05, 4.69) is 49.4 Å². The predicted molar refractivity (Wildman–Crippen MR) is 103 cm³/mol. The lowest BCUT2D eigenvalue weighted by atomic mass is 10.1. The fraction of sp³-hybridized carbons (Fsp3) is 0.400. The largest absolute Gasteiger partial charge is 0.487 e. The number of anilines is 1. The molecule has 2 aromatic heterocycles. The second-order valence-corrected chi connectivity index (χ2v) is 7.66. The minimum absolute atomic E-state index is 0.287. The van der Waals surface area contributed by atoms with Crippen LogP contribution in [0.25, 0.3) is 16.7 Å². The summed E-state index contributed by atoms with van der Waals surface area (Å²) < 4.78 is 7.97. The Morgan fingerprint density at radius 1 is 1.12 bits per heavy atom. The standard InChI is InChI=1S/C20H26N4O/c1-13(2)21-18-9-10-24(23-18)19-12-17(25-20(4,5)6)15-8-7-14(3)11-16(15)22-19/h7-13H,1-6H3,(H,21,23). The Morgan fingerprint density at radius 3 is 2.56 bits per heavy atom. The molecule has 0 spiro atoms. The highest BCUT2D eigenvalue weighted by atomic mass is 16.5. The third-order valence-corrected chi connectivity index (χ3v) is 3.59. The number of pyridine rings is 1. The van der Waals surface area contributed by atoms with Crippen molar-refractivity contribution in [3.8, 4) is 11.6 Å². The minimum atomic E-state index is -0.287. The number of fused-ring (bicyclic) bond motifs is 1. The normalized spacial score (nSPS) is 12.0. The maximum absolute atomic E-state index is 6.19. The zero-order chi connectivity index (χ0) is 18.2. The molecule has 1 aromatic carbocycles. The number of aryl methyl sites for hydroxylation is 1. The van der Waals surface area contributed by atoms with Gasteiger partial charge in [0.1, 0.15) is 17.2 Å². The molecule has 0 fully saturated rings. The van der Waals surface area contributed by atoms with Crippen LogP contribution in [-0.2, 0) is 0 Å². The van der Waals surface area contributed by atoms with Crippen molar-refractivity contribution in [2.75, 3.05) is 5.32 Å². The van der Waals surface area contributed by atoms with Crippen molar-refractivity contribution < 1.29 is 4.74 Å². The number of hydrogen-bond donors (Lipinski definition) is 1. The number of nitrogens with zero attached hydrogens (tertiary/aromatic N) is 3.